The van der Waals surface area contributed by atoms with Crippen LogP contribution in [0, 0.1) is 12.8 Å². The molecule has 0 spiro atoms. The highest BCUT2D eigenvalue weighted by atomic mass is 15.3. The molecular formula is C12H21N5. The summed E-state index contributed by atoms with van der Waals surface area (Å²) >= 11 is 0. The maximum atomic E-state index is 5.40. The lowest BCUT2D eigenvalue weighted by Gasteiger charge is -2.11. The van der Waals surface area contributed by atoms with Crippen LogP contribution in [-0.4, -0.2) is 17.5 Å². The molecule has 0 aromatic carbocycles. The second-order valence-electron chi connectivity index (χ2n) is 4.35. The van der Waals surface area contributed by atoms with E-state index in [1.807, 2.05) is 19.1 Å². The Morgan fingerprint density at radius 2 is 2.29 bits per heavy atom. The van der Waals surface area contributed by atoms with Crippen LogP contribution in [0.5, 0.6) is 0 Å². The van der Waals surface area contributed by atoms with Crippen molar-refractivity contribution < 1.29 is 0 Å². The molecule has 0 saturated heterocycles. The van der Waals surface area contributed by atoms with Crippen molar-refractivity contribution in [3.63, 3.8) is 0 Å². The van der Waals surface area contributed by atoms with Gasteiger partial charge in [-0.2, -0.15) is 0 Å². The number of hydrogen-bond acceptors (Lipinski definition) is 3. The predicted octanol–water partition coefficient (Wildman–Crippen LogP) is 0.955. The Balaban J connectivity index is 2.58. The lowest BCUT2D eigenvalue weighted by Crippen LogP contribution is -2.43. The summed E-state index contributed by atoms with van der Waals surface area (Å²) in [6.07, 6.45) is 1.77. The average molecular weight is 235 g/mol. The van der Waals surface area contributed by atoms with Crippen LogP contribution in [0.25, 0.3) is 0 Å². The molecule has 0 bridgehead atoms. The zero-order valence-corrected chi connectivity index (χ0v) is 10.7. The van der Waals surface area contributed by atoms with Crippen LogP contribution < -0.4 is 16.6 Å². The van der Waals surface area contributed by atoms with E-state index in [1.165, 1.54) is 0 Å². The van der Waals surface area contributed by atoms with E-state index in [1.54, 1.807) is 6.20 Å². The maximum Gasteiger partial charge on any atom is 0.206 e. The van der Waals surface area contributed by atoms with Crippen molar-refractivity contribution in [2.45, 2.75) is 27.3 Å². The summed E-state index contributed by atoms with van der Waals surface area (Å²) in [4.78, 5) is 8.63. The molecule has 4 N–H and O–H groups in total. The van der Waals surface area contributed by atoms with Gasteiger partial charge in [0.2, 0.25) is 5.96 Å². The molecule has 1 heterocycles. The largest absolute Gasteiger partial charge is 0.355 e. The number of aliphatic imine (C=N–C) groups is 1. The van der Waals surface area contributed by atoms with Gasteiger partial charge >= 0.3 is 0 Å². The summed E-state index contributed by atoms with van der Waals surface area (Å²) in [7, 11) is 0. The van der Waals surface area contributed by atoms with Crippen LogP contribution >= 0.6 is 0 Å². The molecule has 0 amide bonds. The second kappa shape index (κ2) is 6.85. The van der Waals surface area contributed by atoms with Crippen molar-refractivity contribution in [3.05, 3.63) is 29.6 Å². The zero-order valence-electron chi connectivity index (χ0n) is 10.7. The minimum atomic E-state index is 0.525. The normalized spacial score (nSPS) is 11.7. The van der Waals surface area contributed by atoms with Gasteiger partial charge in [-0.15, -0.1) is 0 Å². The van der Waals surface area contributed by atoms with Crippen molar-refractivity contribution in [1.82, 2.24) is 15.7 Å². The third kappa shape index (κ3) is 4.82. The van der Waals surface area contributed by atoms with Crippen LogP contribution in [0.15, 0.2) is 23.3 Å². The summed E-state index contributed by atoms with van der Waals surface area (Å²) in [6.45, 7) is 7.64. The first-order valence-electron chi connectivity index (χ1n) is 5.79. The molecular weight excluding hydrogens is 214 g/mol. The predicted molar refractivity (Wildman–Crippen MR) is 70.3 cm³/mol. The Hall–Kier alpha value is -1.62. The van der Waals surface area contributed by atoms with Gasteiger partial charge < -0.3 is 5.32 Å². The Morgan fingerprint density at radius 1 is 1.53 bits per heavy atom. The summed E-state index contributed by atoms with van der Waals surface area (Å²) in [5.74, 6) is 6.54. The minimum absolute atomic E-state index is 0.525. The quantitative estimate of drug-likeness (QED) is 0.314. The molecule has 0 aliphatic rings. The van der Waals surface area contributed by atoms with E-state index in [2.05, 4.69) is 34.6 Å². The topological polar surface area (TPSA) is 75.3 Å². The monoisotopic (exact) mass is 235 g/mol. The first-order chi connectivity index (χ1) is 8.13. The Bertz CT molecular complexity index is 373. The summed E-state index contributed by atoms with van der Waals surface area (Å²) < 4.78 is 0. The van der Waals surface area contributed by atoms with Gasteiger partial charge in [0.25, 0.3) is 0 Å². The van der Waals surface area contributed by atoms with Gasteiger partial charge in [-0.25, -0.2) is 10.8 Å². The molecule has 0 fully saturated rings. The number of aromatic nitrogens is 1. The van der Waals surface area contributed by atoms with E-state index in [0.717, 1.165) is 17.8 Å². The highest BCUT2D eigenvalue weighted by molar-refractivity contribution is 5.79. The molecule has 1 rings (SSSR count). The number of guanidine groups is 1. The average Bonchev–Trinajstić information content (AvgIpc) is 2.31. The van der Waals surface area contributed by atoms with Gasteiger partial charge in [-0.1, -0.05) is 19.9 Å². The van der Waals surface area contributed by atoms with Crippen LogP contribution in [0.3, 0.4) is 0 Å². The molecule has 0 aliphatic carbocycles. The fraction of sp³-hybridized carbons (Fsp3) is 0.500. The SMILES string of the molecule is Cc1cccnc1CN=C(NN)NCC(C)C. The Labute approximate surface area is 103 Å². The number of nitrogens with two attached hydrogens (primary N) is 1. The second-order valence-corrected chi connectivity index (χ2v) is 4.35. The number of nitrogens with one attached hydrogen (secondary N) is 2. The van der Waals surface area contributed by atoms with Crippen LogP contribution in [0.1, 0.15) is 25.1 Å². The van der Waals surface area contributed by atoms with E-state index >= 15 is 0 Å². The third-order valence-electron chi connectivity index (χ3n) is 2.32. The smallest absolute Gasteiger partial charge is 0.206 e. The summed E-state index contributed by atoms with van der Waals surface area (Å²) in [6, 6.07) is 3.94. The fourth-order valence-corrected chi connectivity index (χ4v) is 1.29. The van der Waals surface area contributed by atoms with E-state index in [9.17, 15) is 0 Å². The molecule has 1 aromatic rings. The molecule has 0 radical (unpaired) electrons. The third-order valence-corrected chi connectivity index (χ3v) is 2.32. The number of hydrazine groups is 1. The number of rotatable bonds is 4. The number of hydrogen-bond donors (Lipinski definition) is 3. The van der Waals surface area contributed by atoms with E-state index in [-0.39, 0.29) is 0 Å². The highest BCUT2D eigenvalue weighted by Gasteiger charge is 2.00. The van der Waals surface area contributed by atoms with Crippen LogP contribution in [0.2, 0.25) is 0 Å². The van der Waals surface area contributed by atoms with Crippen molar-refractivity contribution in [2.75, 3.05) is 6.54 Å². The van der Waals surface area contributed by atoms with Gasteiger partial charge in [0, 0.05) is 12.7 Å². The van der Waals surface area contributed by atoms with Crippen LogP contribution in [-0.2, 0) is 6.54 Å². The number of nitrogens with zero attached hydrogens (tertiary/aromatic N) is 2. The molecule has 0 aliphatic heterocycles. The van der Waals surface area contributed by atoms with Gasteiger partial charge in [-0.05, 0) is 24.5 Å². The molecule has 17 heavy (non-hydrogen) atoms. The highest BCUT2D eigenvalue weighted by Crippen LogP contribution is 2.04. The number of aryl methyl sites for hydroxylation is 1. The first kappa shape index (κ1) is 13.4. The van der Waals surface area contributed by atoms with Gasteiger partial charge in [0.05, 0.1) is 12.2 Å². The minimum Gasteiger partial charge on any atom is -0.355 e. The van der Waals surface area contributed by atoms with Crippen molar-refractivity contribution in [2.24, 2.45) is 16.8 Å². The van der Waals surface area contributed by atoms with E-state index in [0.29, 0.717) is 18.4 Å². The molecule has 0 unspecified atom stereocenters. The lowest BCUT2D eigenvalue weighted by atomic mass is 10.2. The molecule has 0 atom stereocenters. The van der Waals surface area contributed by atoms with Gasteiger partial charge in [-0.3, -0.25) is 10.4 Å². The lowest BCUT2D eigenvalue weighted by molar-refractivity contribution is 0.615. The van der Waals surface area contributed by atoms with Crippen LogP contribution in [0.4, 0.5) is 0 Å². The molecule has 94 valence electrons. The zero-order chi connectivity index (χ0) is 12.7. The van der Waals surface area contributed by atoms with Crippen molar-refractivity contribution >= 4 is 5.96 Å². The molecule has 5 nitrogen and oxygen atoms in total. The summed E-state index contributed by atoms with van der Waals surface area (Å²) in [5.41, 5.74) is 4.66. The van der Waals surface area contributed by atoms with Crippen molar-refractivity contribution in [1.29, 1.82) is 0 Å². The molecule has 1 aromatic heterocycles. The molecule has 0 saturated carbocycles. The van der Waals surface area contributed by atoms with E-state index in [4.69, 9.17) is 5.84 Å². The van der Waals surface area contributed by atoms with Crippen molar-refractivity contribution in [3.8, 4) is 0 Å². The summed E-state index contributed by atoms with van der Waals surface area (Å²) in [5, 5.41) is 3.14. The Morgan fingerprint density at radius 3 is 2.88 bits per heavy atom. The van der Waals surface area contributed by atoms with E-state index < -0.39 is 0 Å². The Kier molecular flexibility index (Phi) is 5.42. The fourth-order valence-electron chi connectivity index (χ4n) is 1.29. The van der Waals surface area contributed by atoms with Gasteiger partial charge in [0.15, 0.2) is 0 Å². The standard InChI is InChI=1S/C12H21N5/c1-9(2)7-15-12(17-13)16-8-11-10(3)5-4-6-14-11/h4-6,9H,7-8,13H2,1-3H3,(H2,15,16,17). The van der Waals surface area contributed by atoms with Gasteiger partial charge in [0.1, 0.15) is 0 Å². The molecule has 5 heteroatoms. The first-order valence-corrected chi connectivity index (χ1v) is 5.79. The maximum absolute atomic E-state index is 5.40. The number of pyridine rings is 1.